The van der Waals surface area contributed by atoms with Crippen LogP contribution in [0.3, 0.4) is 0 Å². The van der Waals surface area contributed by atoms with Crippen LogP contribution in [0.2, 0.25) is 0 Å². The first-order valence-electron chi connectivity index (χ1n) is 9.68. The van der Waals surface area contributed by atoms with Gasteiger partial charge >= 0.3 is 17.9 Å². The van der Waals surface area contributed by atoms with Gasteiger partial charge in [-0.3, -0.25) is 34.3 Å². The molecule has 2 atom stereocenters. The zero-order chi connectivity index (χ0) is 23.1. The average Bonchev–Trinajstić information content (AvgIpc) is 2.67. The first kappa shape index (κ1) is 24.0. The molecule has 1 aromatic rings. The molecule has 0 bridgehead atoms. The van der Waals surface area contributed by atoms with Gasteiger partial charge in [0, 0.05) is 36.3 Å². The van der Waals surface area contributed by atoms with Gasteiger partial charge in [0.25, 0.3) is 5.69 Å². The fourth-order valence-corrected chi connectivity index (χ4v) is 4.08. The number of phenols is 1. The molecule has 0 radical (unpaired) electrons. The molecule has 1 fully saturated rings. The number of carbonyl (C=O) groups is 3. The molecule has 0 unspecified atom stereocenters. The molecular formula is C19H25N3O9. The van der Waals surface area contributed by atoms with Crippen LogP contribution in [0.1, 0.15) is 31.2 Å². The lowest BCUT2D eigenvalue weighted by atomic mass is 9.87. The van der Waals surface area contributed by atoms with Gasteiger partial charge in [-0.25, -0.2) is 0 Å². The van der Waals surface area contributed by atoms with Gasteiger partial charge in [-0.15, -0.1) is 0 Å². The maximum absolute atomic E-state index is 11.5. The minimum atomic E-state index is -1.20. The molecule has 0 aromatic heterocycles. The van der Waals surface area contributed by atoms with E-state index in [0.717, 1.165) is 31.0 Å². The second-order valence-electron chi connectivity index (χ2n) is 7.48. The van der Waals surface area contributed by atoms with Gasteiger partial charge in [-0.2, -0.15) is 0 Å². The molecule has 0 saturated heterocycles. The molecule has 0 heterocycles. The quantitative estimate of drug-likeness (QED) is 0.285. The highest BCUT2D eigenvalue weighted by molar-refractivity contribution is 5.72. The first-order valence-corrected chi connectivity index (χ1v) is 9.68. The zero-order valence-corrected chi connectivity index (χ0v) is 16.7. The second kappa shape index (κ2) is 10.7. The van der Waals surface area contributed by atoms with E-state index >= 15 is 0 Å². The second-order valence-corrected chi connectivity index (χ2v) is 7.48. The van der Waals surface area contributed by atoms with Crippen molar-refractivity contribution in [2.24, 2.45) is 0 Å². The van der Waals surface area contributed by atoms with Crippen molar-refractivity contribution < 1.29 is 39.7 Å². The van der Waals surface area contributed by atoms with Crippen LogP contribution < -0.4 is 0 Å². The van der Waals surface area contributed by atoms with Gasteiger partial charge in [-0.1, -0.05) is 12.8 Å². The molecule has 12 heteroatoms. The van der Waals surface area contributed by atoms with Gasteiger partial charge < -0.3 is 20.4 Å². The lowest BCUT2D eigenvalue weighted by Gasteiger charge is -2.44. The fourth-order valence-electron chi connectivity index (χ4n) is 4.08. The largest absolute Gasteiger partial charge is 0.508 e. The van der Waals surface area contributed by atoms with Crippen molar-refractivity contribution >= 4 is 23.6 Å². The van der Waals surface area contributed by atoms with E-state index in [1.165, 1.54) is 9.80 Å². The smallest absolute Gasteiger partial charge is 0.317 e. The third-order valence-electron chi connectivity index (χ3n) is 5.29. The molecule has 170 valence electrons. The molecule has 1 aromatic carbocycles. The molecule has 0 amide bonds. The lowest BCUT2D eigenvalue weighted by molar-refractivity contribution is -0.385. The van der Waals surface area contributed by atoms with Crippen molar-refractivity contribution in [3.8, 4) is 5.75 Å². The summed E-state index contributed by atoms with van der Waals surface area (Å²) in [6.45, 7) is -1.63. The Labute approximate surface area is 177 Å². The summed E-state index contributed by atoms with van der Waals surface area (Å²) >= 11 is 0. The number of carboxylic acids is 3. The fraction of sp³-hybridized carbons (Fsp3) is 0.526. The molecule has 0 aliphatic heterocycles. The Bertz CT molecular complexity index is 829. The van der Waals surface area contributed by atoms with Gasteiger partial charge in [0.15, 0.2) is 0 Å². The van der Waals surface area contributed by atoms with Crippen molar-refractivity contribution in [3.63, 3.8) is 0 Å². The Balaban J connectivity index is 2.38. The van der Waals surface area contributed by atoms with E-state index in [9.17, 15) is 44.9 Å². The summed E-state index contributed by atoms with van der Waals surface area (Å²) < 4.78 is 0. The van der Waals surface area contributed by atoms with Crippen LogP contribution in [0.5, 0.6) is 5.75 Å². The number of aromatic hydroxyl groups is 1. The van der Waals surface area contributed by atoms with E-state index in [1.807, 2.05) is 0 Å². The van der Waals surface area contributed by atoms with Crippen molar-refractivity contribution in [2.45, 2.75) is 44.3 Å². The first-order chi connectivity index (χ1) is 14.6. The highest BCUT2D eigenvalue weighted by Gasteiger charge is 2.36. The summed E-state index contributed by atoms with van der Waals surface area (Å²) in [6, 6.07) is 2.40. The summed E-state index contributed by atoms with van der Waals surface area (Å²) in [5.74, 6) is -3.81. The number of phenolic OH excluding ortho intramolecular Hbond substituents is 1. The van der Waals surface area contributed by atoms with Crippen LogP contribution in [0.25, 0.3) is 0 Å². The van der Waals surface area contributed by atoms with Crippen LogP contribution in [-0.4, -0.2) is 84.8 Å². The Kier molecular flexibility index (Phi) is 8.28. The van der Waals surface area contributed by atoms with Crippen LogP contribution >= 0.6 is 0 Å². The standard InChI is InChI=1S/C19H25N3O9/c23-16-6-5-13(22(30)31)7-12(16)8-20(9-17(24)25)14-3-1-2-4-15(14)21(10-18(26)27)11-19(28)29/h5-7,14-15,23H,1-4,8-11H2,(H,24,25)(H,26,27)(H,28,29)/t14-,15-/m1/s1. The summed E-state index contributed by atoms with van der Waals surface area (Å²) in [6.07, 6.45) is 2.41. The number of aliphatic carboxylic acids is 3. The van der Waals surface area contributed by atoms with E-state index in [-0.39, 0.29) is 23.5 Å². The van der Waals surface area contributed by atoms with Gasteiger partial charge in [-0.05, 0) is 18.9 Å². The Hall–Kier alpha value is -3.25. The number of nitro benzene ring substituents is 1. The molecule has 1 aliphatic rings. The third kappa shape index (κ3) is 6.89. The monoisotopic (exact) mass is 439 g/mol. The molecule has 1 saturated carbocycles. The van der Waals surface area contributed by atoms with Crippen LogP contribution in [0.4, 0.5) is 5.69 Å². The Morgan fingerprint density at radius 3 is 1.90 bits per heavy atom. The summed E-state index contributed by atoms with van der Waals surface area (Å²) in [5, 5.41) is 49.1. The number of hydrogen-bond acceptors (Lipinski definition) is 8. The topological polar surface area (TPSA) is 182 Å². The van der Waals surface area contributed by atoms with E-state index in [0.29, 0.717) is 12.8 Å². The molecule has 4 N–H and O–H groups in total. The maximum atomic E-state index is 11.5. The summed E-state index contributed by atoms with van der Waals surface area (Å²) in [7, 11) is 0. The van der Waals surface area contributed by atoms with Gasteiger partial charge in [0.2, 0.25) is 0 Å². The normalized spacial score (nSPS) is 18.8. The number of carboxylic acid groups (broad SMARTS) is 3. The lowest BCUT2D eigenvalue weighted by Crippen LogP contribution is -2.56. The molecule has 2 rings (SSSR count). The van der Waals surface area contributed by atoms with E-state index < -0.39 is 54.5 Å². The van der Waals surface area contributed by atoms with E-state index in [1.54, 1.807) is 0 Å². The molecule has 1 aliphatic carbocycles. The third-order valence-corrected chi connectivity index (χ3v) is 5.29. The van der Waals surface area contributed by atoms with Crippen LogP contribution in [0, 0.1) is 10.1 Å². The van der Waals surface area contributed by atoms with E-state index in [2.05, 4.69) is 0 Å². The van der Waals surface area contributed by atoms with Crippen LogP contribution in [0.15, 0.2) is 18.2 Å². The van der Waals surface area contributed by atoms with Gasteiger partial charge in [0.05, 0.1) is 24.6 Å². The summed E-state index contributed by atoms with van der Waals surface area (Å²) in [4.78, 5) is 47.3. The highest BCUT2D eigenvalue weighted by Crippen LogP contribution is 2.31. The minimum Gasteiger partial charge on any atom is -0.508 e. The Morgan fingerprint density at radius 2 is 1.42 bits per heavy atom. The van der Waals surface area contributed by atoms with Crippen molar-refractivity contribution in [3.05, 3.63) is 33.9 Å². The number of hydrogen-bond donors (Lipinski definition) is 4. The SMILES string of the molecule is O=C(O)CN(CC(=O)O)[C@@H]1CCCC[C@H]1N(CC(=O)O)Cc1cc([N+](=O)[O-])ccc1O. The number of nitro groups is 1. The number of rotatable bonds is 11. The van der Waals surface area contributed by atoms with E-state index in [4.69, 9.17) is 0 Å². The molecular weight excluding hydrogens is 414 g/mol. The molecule has 12 nitrogen and oxygen atoms in total. The van der Waals surface area contributed by atoms with Gasteiger partial charge in [0.1, 0.15) is 5.75 Å². The molecule has 0 spiro atoms. The molecule has 31 heavy (non-hydrogen) atoms. The number of non-ortho nitro benzene ring substituents is 1. The summed E-state index contributed by atoms with van der Waals surface area (Å²) in [5.41, 5.74) is -0.107. The predicted octanol–water partition coefficient (Wildman–Crippen LogP) is 0.969. The highest BCUT2D eigenvalue weighted by atomic mass is 16.6. The number of benzene rings is 1. The van der Waals surface area contributed by atoms with Crippen molar-refractivity contribution in [2.75, 3.05) is 19.6 Å². The average molecular weight is 439 g/mol. The predicted molar refractivity (Wildman–Crippen MR) is 106 cm³/mol. The number of nitrogens with zero attached hydrogens (tertiary/aromatic N) is 3. The Morgan fingerprint density at radius 1 is 0.935 bits per heavy atom. The van der Waals surface area contributed by atoms with Crippen molar-refractivity contribution in [1.82, 2.24) is 9.80 Å². The van der Waals surface area contributed by atoms with Crippen molar-refractivity contribution in [1.29, 1.82) is 0 Å². The maximum Gasteiger partial charge on any atom is 0.317 e. The zero-order valence-electron chi connectivity index (χ0n) is 16.7. The minimum absolute atomic E-state index is 0.130. The van der Waals surface area contributed by atoms with Crippen LogP contribution in [-0.2, 0) is 20.9 Å².